The maximum atomic E-state index is 12.0. The van der Waals surface area contributed by atoms with E-state index in [9.17, 15) is 9.90 Å². The second-order valence-corrected chi connectivity index (χ2v) is 7.38. The minimum Gasteiger partial charge on any atom is -0.504 e. The summed E-state index contributed by atoms with van der Waals surface area (Å²) in [6.07, 6.45) is 14.4. The van der Waals surface area contributed by atoms with Gasteiger partial charge in [-0.1, -0.05) is 82.7 Å². The van der Waals surface area contributed by atoms with Gasteiger partial charge in [-0.15, -0.1) is 0 Å². The molecule has 0 aliphatic carbocycles. The van der Waals surface area contributed by atoms with Crippen LogP contribution in [0.1, 0.15) is 89.5 Å². The van der Waals surface area contributed by atoms with Crippen LogP contribution in [0.2, 0.25) is 5.02 Å². The number of phenolic OH excluding ortho intramolecular Hbond substituents is 1. The Morgan fingerprint density at radius 1 is 0.960 bits per heavy atom. The van der Waals surface area contributed by atoms with Gasteiger partial charge in [0, 0.05) is 6.42 Å². The van der Waals surface area contributed by atoms with E-state index >= 15 is 0 Å². The highest BCUT2D eigenvalue weighted by Gasteiger charge is 2.10. The van der Waals surface area contributed by atoms with Crippen molar-refractivity contribution in [2.45, 2.75) is 90.9 Å². The molecular weight excluding hydrogens is 334 g/mol. The van der Waals surface area contributed by atoms with E-state index in [0.29, 0.717) is 12.1 Å². The summed E-state index contributed by atoms with van der Waals surface area (Å²) in [6, 6.07) is 3.41. The molecule has 2 N–H and O–H groups in total. The molecule has 4 heteroatoms. The van der Waals surface area contributed by atoms with Crippen LogP contribution >= 0.6 is 11.6 Å². The van der Waals surface area contributed by atoms with Crippen molar-refractivity contribution in [1.29, 1.82) is 0 Å². The molecule has 25 heavy (non-hydrogen) atoms. The van der Waals surface area contributed by atoms with Crippen LogP contribution in [-0.2, 0) is 4.79 Å². The lowest BCUT2D eigenvalue weighted by molar-refractivity contribution is -0.116. The summed E-state index contributed by atoms with van der Waals surface area (Å²) in [5, 5.41) is 12.9. The first-order valence-electron chi connectivity index (χ1n) is 9.83. The van der Waals surface area contributed by atoms with Gasteiger partial charge in [0.25, 0.3) is 0 Å². The molecule has 142 valence electrons. The van der Waals surface area contributed by atoms with E-state index in [0.717, 1.165) is 18.4 Å². The van der Waals surface area contributed by atoms with Gasteiger partial charge in [-0.25, -0.2) is 0 Å². The minimum absolute atomic E-state index is 0.0560. The van der Waals surface area contributed by atoms with Gasteiger partial charge in [-0.3, -0.25) is 4.79 Å². The number of rotatable bonds is 13. The number of aryl methyl sites for hydroxylation is 1. The number of aromatic hydroxyl groups is 1. The molecule has 1 aromatic rings. The van der Waals surface area contributed by atoms with E-state index < -0.39 is 0 Å². The topological polar surface area (TPSA) is 49.3 Å². The standard InChI is InChI=1S/C21H34ClNO2/c1-3-4-5-6-7-8-9-10-11-12-13-14-20(24)23-19-16-17(2)15-18(22)21(19)25/h15-16,25H,3-14H2,1-2H3,(H,23,24). The lowest BCUT2D eigenvalue weighted by Gasteiger charge is -2.09. The van der Waals surface area contributed by atoms with Crippen LogP contribution in [0.15, 0.2) is 12.1 Å². The molecule has 0 saturated heterocycles. The third kappa shape index (κ3) is 9.74. The summed E-state index contributed by atoms with van der Waals surface area (Å²) in [6.45, 7) is 4.13. The Hall–Kier alpha value is -1.22. The van der Waals surface area contributed by atoms with Gasteiger partial charge in [-0.05, 0) is 31.0 Å². The van der Waals surface area contributed by atoms with E-state index in [4.69, 9.17) is 11.6 Å². The average molecular weight is 368 g/mol. The van der Waals surface area contributed by atoms with Crippen molar-refractivity contribution < 1.29 is 9.90 Å². The quantitative estimate of drug-likeness (QED) is 0.291. The first-order chi connectivity index (χ1) is 12.0. The van der Waals surface area contributed by atoms with E-state index in [1.54, 1.807) is 12.1 Å². The Kier molecular flexibility index (Phi) is 11.4. The number of nitrogens with one attached hydrogen (secondary N) is 1. The van der Waals surface area contributed by atoms with Gasteiger partial charge in [0.1, 0.15) is 0 Å². The normalized spacial score (nSPS) is 10.8. The number of amides is 1. The third-order valence-corrected chi connectivity index (χ3v) is 4.78. The number of halogens is 1. The second-order valence-electron chi connectivity index (χ2n) is 6.98. The zero-order valence-corrected chi connectivity index (χ0v) is 16.6. The van der Waals surface area contributed by atoms with Crippen molar-refractivity contribution in [2.75, 3.05) is 5.32 Å². The summed E-state index contributed by atoms with van der Waals surface area (Å²) in [5.74, 6) is -0.118. The maximum absolute atomic E-state index is 12.0. The summed E-state index contributed by atoms with van der Waals surface area (Å²) in [5.41, 5.74) is 1.31. The predicted molar refractivity (Wildman–Crippen MR) is 108 cm³/mol. The number of benzene rings is 1. The number of carbonyl (C=O) groups is 1. The van der Waals surface area contributed by atoms with E-state index in [1.165, 1.54) is 57.8 Å². The number of unbranched alkanes of at least 4 members (excludes halogenated alkanes) is 10. The zero-order chi connectivity index (χ0) is 18.5. The monoisotopic (exact) mass is 367 g/mol. The van der Waals surface area contributed by atoms with Gasteiger partial charge in [0.05, 0.1) is 10.7 Å². The second kappa shape index (κ2) is 13.0. The van der Waals surface area contributed by atoms with E-state index in [2.05, 4.69) is 12.2 Å². The van der Waals surface area contributed by atoms with Gasteiger partial charge in [0.2, 0.25) is 5.91 Å². The summed E-state index contributed by atoms with van der Waals surface area (Å²) >= 11 is 5.92. The number of anilines is 1. The average Bonchev–Trinajstić information content (AvgIpc) is 2.57. The number of phenols is 1. The molecule has 0 bridgehead atoms. The van der Waals surface area contributed by atoms with Crippen molar-refractivity contribution in [1.82, 2.24) is 0 Å². The van der Waals surface area contributed by atoms with Gasteiger partial charge in [-0.2, -0.15) is 0 Å². The molecule has 0 atom stereocenters. The number of carbonyl (C=O) groups excluding carboxylic acids is 1. The maximum Gasteiger partial charge on any atom is 0.224 e. The van der Waals surface area contributed by atoms with Crippen LogP contribution in [0.4, 0.5) is 5.69 Å². The van der Waals surface area contributed by atoms with E-state index in [-0.39, 0.29) is 16.7 Å². The van der Waals surface area contributed by atoms with Crippen LogP contribution in [0, 0.1) is 6.92 Å². The molecule has 0 spiro atoms. The van der Waals surface area contributed by atoms with Crippen LogP contribution in [0.3, 0.4) is 0 Å². The molecule has 0 fully saturated rings. The molecule has 0 unspecified atom stereocenters. The molecule has 1 rings (SSSR count). The van der Waals surface area contributed by atoms with Crippen LogP contribution < -0.4 is 5.32 Å². The fourth-order valence-corrected chi connectivity index (χ4v) is 3.27. The molecule has 0 saturated carbocycles. The Labute approximate surface area is 158 Å². The molecule has 0 heterocycles. The van der Waals surface area contributed by atoms with Crippen molar-refractivity contribution in [3.8, 4) is 5.75 Å². The van der Waals surface area contributed by atoms with Crippen LogP contribution in [-0.4, -0.2) is 11.0 Å². The molecular formula is C21H34ClNO2. The highest BCUT2D eigenvalue weighted by molar-refractivity contribution is 6.32. The Balaban J connectivity index is 2.06. The molecule has 0 aromatic heterocycles. The fourth-order valence-electron chi connectivity index (χ4n) is 2.99. The predicted octanol–water partition coefficient (Wildman–Crippen LogP) is 6.99. The molecule has 3 nitrogen and oxygen atoms in total. The van der Waals surface area contributed by atoms with Crippen LogP contribution in [0.25, 0.3) is 0 Å². The number of hydrogen-bond donors (Lipinski definition) is 2. The van der Waals surface area contributed by atoms with Crippen molar-refractivity contribution in [3.05, 3.63) is 22.7 Å². The van der Waals surface area contributed by atoms with Crippen molar-refractivity contribution in [3.63, 3.8) is 0 Å². The molecule has 0 aliphatic rings. The third-order valence-electron chi connectivity index (χ3n) is 4.49. The highest BCUT2D eigenvalue weighted by atomic mass is 35.5. The summed E-state index contributed by atoms with van der Waals surface area (Å²) in [4.78, 5) is 12.0. The van der Waals surface area contributed by atoms with Gasteiger partial charge in [0.15, 0.2) is 5.75 Å². The van der Waals surface area contributed by atoms with E-state index in [1.807, 2.05) is 6.92 Å². The molecule has 1 amide bonds. The van der Waals surface area contributed by atoms with Crippen LogP contribution in [0.5, 0.6) is 5.75 Å². The Morgan fingerprint density at radius 3 is 2.04 bits per heavy atom. The fraction of sp³-hybridized carbons (Fsp3) is 0.667. The summed E-state index contributed by atoms with van der Waals surface area (Å²) in [7, 11) is 0. The zero-order valence-electron chi connectivity index (χ0n) is 15.9. The van der Waals surface area contributed by atoms with Crippen molar-refractivity contribution in [2.24, 2.45) is 0 Å². The molecule has 1 aromatic carbocycles. The van der Waals surface area contributed by atoms with Crippen molar-refractivity contribution >= 4 is 23.2 Å². The molecule has 0 aliphatic heterocycles. The first kappa shape index (κ1) is 21.8. The Bertz CT molecular complexity index is 517. The lowest BCUT2D eigenvalue weighted by atomic mass is 10.1. The minimum atomic E-state index is -0.0621. The smallest absolute Gasteiger partial charge is 0.224 e. The first-order valence-corrected chi connectivity index (χ1v) is 10.2. The van der Waals surface area contributed by atoms with Gasteiger partial charge < -0.3 is 10.4 Å². The van der Waals surface area contributed by atoms with Gasteiger partial charge >= 0.3 is 0 Å². The highest BCUT2D eigenvalue weighted by Crippen LogP contribution is 2.33. The number of hydrogen-bond acceptors (Lipinski definition) is 2. The largest absolute Gasteiger partial charge is 0.504 e. The lowest BCUT2D eigenvalue weighted by Crippen LogP contribution is -2.11. The molecule has 0 radical (unpaired) electrons. The Morgan fingerprint density at radius 2 is 1.48 bits per heavy atom. The summed E-state index contributed by atoms with van der Waals surface area (Å²) < 4.78 is 0. The SMILES string of the molecule is CCCCCCCCCCCCCC(=O)Nc1cc(C)cc(Cl)c1O.